The van der Waals surface area contributed by atoms with Crippen molar-refractivity contribution in [2.24, 2.45) is 17.8 Å². The van der Waals surface area contributed by atoms with Gasteiger partial charge in [-0.05, 0) is 30.6 Å². The van der Waals surface area contributed by atoms with E-state index in [1.807, 2.05) is 0 Å². The second-order valence-electron chi connectivity index (χ2n) is 3.11. The third-order valence-electron chi connectivity index (χ3n) is 2.79. The molecule has 46 valence electrons. The van der Waals surface area contributed by atoms with Gasteiger partial charge in [-0.3, -0.25) is 0 Å². The number of aliphatic hydroxyl groups is 1. The minimum Gasteiger partial charge on any atom is -0.396 e. The van der Waals surface area contributed by atoms with E-state index in [0.717, 1.165) is 17.8 Å². The Labute approximate surface area is 49.7 Å². The van der Waals surface area contributed by atoms with E-state index in [0.29, 0.717) is 6.61 Å². The van der Waals surface area contributed by atoms with Crippen LogP contribution in [0.4, 0.5) is 0 Å². The normalized spacial score (nSPS) is 51.4. The molecule has 0 aromatic heterocycles. The summed E-state index contributed by atoms with van der Waals surface area (Å²) in [5.74, 6) is 2.61. The number of aliphatic hydroxyl groups excluding tert-OH is 1. The number of fused-ring (bicyclic) bond motifs is 1. The molecule has 0 spiro atoms. The fourth-order valence-corrected chi connectivity index (χ4v) is 2.24. The monoisotopic (exact) mass is 112 g/mol. The third kappa shape index (κ3) is 0.455. The van der Waals surface area contributed by atoms with Crippen LogP contribution in [0.2, 0.25) is 0 Å². The van der Waals surface area contributed by atoms with Gasteiger partial charge in [0.1, 0.15) is 0 Å². The molecule has 0 aliphatic heterocycles. The average Bonchev–Trinajstić information content (AvgIpc) is 2.22. The fourth-order valence-electron chi connectivity index (χ4n) is 2.24. The van der Waals surface area contributed by atoms with E-state index >= 15 is 0 Å². The van der Waals surface area contributed by atoms with Crippen LogP contribution < -0.4 is 0 Å². The van der Waals surface area contributed by atoms with Crippen molar-refractivity contribution < 1.29 is 5.11 Å². The number of hydrogen-bond acceptors (Lipinski definition) is 1. The minimum atomic E-state index is 0.454. The van der Waals surface area contributed by atoms with Gasteiger partial charge in [-0.15, -0.1) is 0 Å². The van der Waals surface area contributed by atoms with Crippen molar-refractivity contribution in [2.75, 3.05) is 6.61 Å². The van der Waals surface area contributed by atoms with Gasteiger partial charge in [0.15, 0.2) is 0 Å². The van der Waals surface area contributed by atoms with E-state index in [9.17, 15) is 0 Å². The topological polar surface area (TPSA) is 20.2 Å². The van der Waals surface area contributed by atoms with E-state index in [-0.39, 0.29) is 0 Å². The van der Waals surface area contributed by atoms with Crippen molar-refractivity contribution in [3.8, 4) is 0 Å². The first-order valence-corrected chi connectivity index (χ1v) is 3.54. The van der Waals surface area contributed by atoms with Crippen molar-refractivity contribution in [1.82, 2.24) is 0 Å². The summed E-state index contributed by atoms with van der Waals surface area (Å²) in [6, 6.07) is 0. The molecule has 1 N–H and O–H groups in total. The zero-order valence-electron chi connectivity index (χ0n) is 5.01. The molecule has 3 atom stereocenters. The van der Waals surface area contributed by atoms with Crippen LogP contribution in [0.25, 0.3) is 0 Å². The average molecular weight is 112 g/mol. The van der Waals surface area contributed by atoms with E-state index in [1.54, 1.807) is 0 Å². The molecule has 2 aliphatic rings. The van der Waals surface area contributed by atoms with Crippen molar-refractivity contribution in [1.29, 1.82) is 0 Å². The van der Waals surface area contributed by atoms with Gasteiger partial charge < -0.3 is 5.11 Å². The largest absolute Gasteiger partial charge is 0.396 e. The van der Waals surface area contributed by atoms with E-state index < -0.39 is 0 Å². The van der Waals surface area contributed by atoms with E-state index in [4.69, 9.17) is 5.11 Å². The predicted molar refractivity (Wildman–Crippen MR) is 31.4 cm³/mol. The Morgan fingerprint density at radius 1 is 1.25 bits per heavy atom. The second-order valence-corrected chi connectivity index (χ2v) is 3.11. The van der Waals surface area contributed by atoms with Crippen molar-refractivity contribution in [3.63, 3.8) is 0 Å². The molecule has 0 aromatic carbocycles. The zero-order chi connectivity index (χ0) is 5.56. The maximum absolute atomic E-state index is 8.71. The van der Waals surface area contributed by atoms with Gasteiger partial charge in [0.25, 0.3) is 0 Å². The van der Waals surface area contributed by atoms with Crippen LogP contribution >= 0.6 is 0 Å². The van der Waals surface area contributed by atoms with E-state index in [2.05, 4.69) is 0 Å². The molecular weight excluding hydrogens is 100 g/mol. The summed E-state index contributed by atoms with van der Waals surface area (Å²) < 4.78 is 0. The lowest BCUT2D eigenvalue weighted by atomic mass is 10.2. The van der Waals surface area contributed by atoms with Gasteiger partial charge in [0, 0.05) is 6.61 Å². The molecule has 2 saturated carbocycles. The second kappa shape index (κ2) is 1.47. The molecule has 0 radical (unpaired) electrons. The van der Waals surface area contributed by atoms with Crippen LogP contribution in [0.15, 0.2) is 0 Å². The number of hydrogen-bond donors (Lipinski definition) is 1. The predicted octanol–water partition coefficient (Wildman–Crippen LogP) is 1.02. The highest BCUT2D eigenvalue weighted by Gasteiger charge is 2.51. The first kappa shape index (κ1) is 4.80. The smallest absolute Gasteiger partial charge is 0.0464 e. The third-order valence-corrected chi connectivity index (χ3v) is 2.79. The summed E-state index contributed by atoms with van der Waals surface area (Å²) in [4.78, 5) is 0. The lowest BCUT2D eigenvalue weighted by Crippen LogP contribution is -1.91. The molecule has 0 saturated heterocycles. The van der Waals surface area contributed by atoms with E-state index in [1.165, 1.54) is 19.3 Å². The van der Waals surface area contributed by atoms with Gasteiger partial charge in [0.2, 0.25) is 0 Å². The molecule has 2 aliphatic carbocycles. The van der Waals surface area contributed by atoms with Crippen molar-refractivity contribution >= 4 is 0 Å². The Kier molecular flexibility index (Phi) is 0.884. The summed E-state index contributed by atoms with van der Waals surface area (Å²) in [6.45, 7) is 0.454. The molecule has 0 aromatic rings. The molecule has 2 fully saturated rings. The van der Waals surface area contributed by atoms with Gasteiger partial charge in [0.05, 0.1) is 0 Å². The highest BCUT2D eigenvalue weighted by Crippen LogP contribution is 2.56. The van der Waals surface area contributed by atoms with Gasteiger partial charge in [-0.2, -0.15) is 0 Å². The molecular formula is C7H12O. The zero-order valence-corrected chi connectivity index (χ0v) is 5.01. The minimum absolute atomic E-state index is 0.454. The summed E-state index contributed by atoms with van der Waals surface area (Å²) in [5, 5.41) is 8.71. The quantitative estimate of drug-likeness (QED) is 0.537. The van der Waals surface area contributed by atoms with Gasteiger partial charge >= 0.3 is 0 Å². The Balaban J connectivity index is 1.94. The Morgan fingerprint density at radius 3 is 2.25 bits per heavy atom. The van der Waals surface area contributed by atoms with Crippen LogP contribution in [0, 0.1) is 17.8 Å². The molecule has 0 unspecified atom stereocenters. The lowest BCUT2D eigenvalue weighted by Gasteiger charge is -1.94. The Bertz CT molecular complexity index is 83.8. The highest BCUT2D eigenvalue weighted by atomic mass is 16.3. The van der Waals surface area contributed by atoms with Gasteiger partial charge in [-0.25, -0.2) is 0 Å². The molecule has 1 nitrogen and oxygen atoms in total. The molecule has 8 heavy (non-hydrogen) atoms. The van der Waals surface area contributed by atoms with Crippen molar-refractivity contribution in [3.05, 3.63) is 0 Å². The van der Waals surface area contributed by atoms with Crippen LogP contribution in [0.1, 0.15) is 19.3 Å². The van der Waals surface area contributed by atoms with Crippen LogP contribution in [0.5, 0.6) is 0 Å². The maximum atomic E-state index is 8.71. The van der Waals surface area contributed by atoms with Crippen molar-refractivity contribution in [2.45, 2.75) is 19.3 Å². The van der Waals surface area contributed by atoms with Crippen LogP contribution in [0.3, 0.4) is 0 Å². The summed E-state index contributed by atoms with van der Waals surface area (Å²) in [5.41, 5.74) is 0. The fraction of sp³-hybridized carbons (Fsp3) is 1.00. The summed E-state index contributed by atoms with van der Waals surface area (Å²) in [7, 11) is 0. The standard InChI is InChI=1S/C7H12O/c8-4-7-5-2-1-3-6(5)7/h5-8H,1-4H2/t5-,6+,7+. The Morgan fingerprint density at radius 2 is 1.88 bits per heavy atom. The molecule has 0 bridgehead atoms. The molecule has 0 heterocycles. The SMILES string of the molecule is OC[C@@H]1[C@H]2CCC[C@@H]12. The highest BCUT2D eigenvalue weighted by molar-refractivity contribution is 5.00. The number of rotatable bonds is 1. The lowest BCUT2D eigenvalue weighted by molar-refractivity contribution is 0.256. The first-order chi connectivity index (χ1) is 3.93. The molecule has 1 heteroatoms. The van der Waals surface area contributed by atoms with Gasteiger partial charge in [-0.1, -0.05) is 6.42 Å². The first-order valence-electron chi connectivity index (χ1n) is 3.54. The summed E-state index contributed by atoms with van der Waals surface area (Å²) >= 11 is 0. The Hall–Kier alpha value is -0.0400. The van der Waals surface area contributed by atoms with Crippen LogP contribution in [-0.2, 0) is 0 Å². The summed E-state index contributed by atoms with van der Waals surface area (Å²) in [6.07, 6.45) is 4.22. The van der Waals surface area contributed by atoms with Crippen LogP contribution in [-0.4, -0.2) is 11.7 Å². The molecule has 0 amide bonds. The molecule has 2 rings (SSSR count). The maximum Gasteiger partial charge on any atom is 0.0464 e.